The van der Waals surface area contributed by atoms with Gasteiger partial charge in [0.2, 0.25) is 0 Å². The first kappa shape index (κ1) is 16.1. The third-order valence-corrected chi connectivity index (χ3v) is 3.73. The number of likely N-dealkylation sites (N-methyl/N-ethyl adjacent to an activating group) is 1. The normalized spacial score (nSPS) is 14.4. The number of aromatic amines is 1. The molecule has 1 heterocycles. The summed E-state index contributed by atoms with van der Waals surface area (Å²) in [4.78, 5) is 28.6. The van der Waals surface area contributed by atoms with E-state index in [9.17, 15) is 9.59 Å². The smallest absolute Gasteiger partial charge is 0.411 e. The van der Waals surface area contributed by atoms with Crippen LogP contribution in [0.5, 0.6) is 0 Å². The average Bonchev–Trinajstić information content (AvgIpc) is 2.88. The molecule has 5 nitrogen and oxygen atoms in total. The van der Waals surface area contributed by atoms with Gasteiger partial charge in [-0.15, -0.1) is 0 Å². The number of para-hydroxylation sites is 1. The molecule has 5 heteroatoms. The highest BCUT2D eigenvalue weighted by Crippen LogP contribution is 2.32. The van der Waals surface area contributed by atoms with Crippen LogP contribution in [-0.2, 0) is 15.1 Å². The van der Waals surface area contributed by atoms with Crippen molar-refractivity contribution in [3.05, 3.63) is 36.0 Å². The van der Waals surface area contributed by atoms with Gasteiger partial charge in [0.05, 0.1) is 0 Å². The minimum atomic E-state index is -1.11. The van der Waals surface area contributed by atoms with E-state index in [1.807, 2.05) is 24.3 Å². The summed E-state index contributed by atoms with van der Waals surface area (Å²) in [6.45, 7) is 7.09. The maximum atomic E-state index is 12.3. The summed E-state index contributed by atoms with van der Waals surface area (Å²) < 4.78 is 5.38. The Labute approximate surface area is 130 Å². The van der Waals surface area contributed by atoms with E-state index in [0.29, 0.717) is 0 Å². The first-order valence-corrected chi connectivity index (χ1v) is 7.19. The lowest BCUT2D eigenvalue weighted by Gasteiger charge is -2.35. The van der Waals surface area contributed by atoms with E-state index in [-0.39, 0.29) is 0 Å². The second-order valence-electron chi connectivity index (χ2n) is 6.55. The number of hydrogen-bond acceptors (Lipinski definition) is 3. The fourth-order valence-corrected chi connectivity index (χ4v) is 2.33. The van der Waals surface area contributed by atoms with Crippen LogP contribution in [0.3, 0.4) is 0 Å². The second-order valence-corrected chi connectivity index (χ2v) is 6.55. The van der Waals surface area contributed by atoms with E-state index in [0.717, 1.165) is 22.8 Å². The standard InChI is InChI=1S/C17H22N2O3/c1-16(2,3)22-15(21)19(5)17(4,11-20)13-10-18-14-9-7-6-8-12(13)14/h6-11,18H,1-5H3. The maximum absolute atomic E-state index is 12.3. The molecule has 0 saturated carbocycles. The molecule has 0 spiro atoms. The molecule has 1 aromatic carbocycles. The molecule has 118 valence electrons. The molecule has 22 heavy (non-hydrogen) atoms. The number of H-pyrrole nitrogens is 1. The highest BCUT2D eigenvalue weighted by molar-refractivity contribution is 5.89. The Hall–Kier alpha value is -2.30. The lowest BCUT2D eigenvalue weighted by atomic mass is 9.92. The number of amides is 1. The fourth-order valence-electron chi connectivity index (χ4n) is 2.33. The third kappa shape index (κ3) is 2.84. The minimum absolute atomic E-state index is 0.535. The molecule has 0 saturated heterocycles. The van der Waals surface area contributed by atoms with Gasteiger partial charge in [0.1, 0.15) is 17.4 Å². The van der Waals surface area contributed by atoms with Crippen LogP contribution in [0.4, 0.5) is 4.79 Å². The summed E-state index contributed by atoms with van der Waals surface area (Å²) in [5, 5.41) is 0.910. The zero-order valence-electron chi connectivity index (χ0n) is 13.6. The Morgan fingerprint density at radius 3 is 2.45 bits per heavy atom. The van der Waals surface area contributed by atoms with Gasteiger partial charge in [0.15, 0.2) is 0 Å². The summed E-state index contributed by atoms with van der Waals surface area (Å²) in [5.74, 6) is 0. The molecule has 1 amide bonds. The van der Waals surface area contributed by atoms with Crippen LogP contribution in [0.15, 0.2) is 30.5 Å². The number of nitrogens with zero attached hydrogens (tertiary/aromatic N) is 1. The molecule has 1 unspecified atom stereocenters. The van der Waals surface area contributed by atoms with Crippen molar-refractivity contribution in [3.8, 4) is 0 Å². The quantitative estimate of drug-likeness (QED) is 0.883. The van der Waals surface area contributed by atoms with Gasteiger partial charge in [0.25, 0.3) is 0 Å². The van der Waals surface area contributed by atoms with Gasteiger partial charge in [0, 0.05) is 29.7 Å². The van der Waals surface area contributed by atoms with Crippen LogP contribution in [-0.4, -0.2) is 34.9 Å². The number of aromatic nitrogens is 1. The van der Waals surface area contributed by atoms with Gasteiger partial charge in [-0.2, -0.15) is 0 Å². The molecule has 0 aliphatic rings. The maximum Gasteiger partial charge on any atom is 0.411 e. The predicted octanol–water partition coefficient (Wildman–Crippen LogP) is 3.45. The van der Waals surface area contributed by atoms with Crippen molar-refractivity contribution in [1.29, 1.82) is 0 Å². The van der Waals surface area contributed by atoms with E-state index in [1.165, 1.54) is 4.90 Å². The molecular formula is C17H22N2O3. The fraction of sp³-hybridized carbons (Fsp3) is 0.412. The van der Waals surface area contributed by atoms with Gasteiger partial charge in [-0.05, 0) is 33.8 Å². The lowest BCUT2D eigenvalue weighted by Crippen LogP contribution is -2.48. The molecule has 1 atom stereocenters. The third-order valence-electron chi connectivity index (χ3n) is 3.73. The van der Waals surface area contributed by atoms with E-state index in [1.54, 1.807) is 40.9 Å². The molecule has 0 fully saturated rings. The first-order chi connectivity index (χ1) is 10.2. The Morgan fingerprint density at radius 2 is 1.86 bits per heavy atom. The number of aldehydes is 1. The second kappa shape index (κ2) is 5.48. The molecule has 0 bridgehead atoms. The molecule has 2 aromatic rings. The number of nitrogens with one attached hydrogen (secondary N) is 1. The Bertz CT molecular complexity index is 699. The van der Waals surface area contributed by atoms with Crippen molar-refractivity contribution in [3.63, 3.8) is 0 Å². The minimum Gasteiger partial charge on any atom is -0.444 e. The van der Waals surface area contributed by atoms with Crippen molar-refractivity contribution in [1.82, 2.24) is 9.88 Å². The highest BCUT2D eigenvalue weighted by Gasteiger charge is 2.38. The van der Waals surface area contributed by atoms with Gasteiger partial charge in [-0.25, -0.2) is 4.79 Å². The molecule has 0 aliphatic carbocycles. The monoisotopic (exact) mass is 302 g/mol. The molecule has 2 rings (SSSR count). The number of fused-ring (bicyclic) bond motifs is 1. The Kier molecular flexibility index (Phi) is 4.00. The van der Waals surface area contributed by atoms with Crippen LogP contribution < -0.4 is 0 Å². The number of carbonyl (C=O) groups is 2. The summed E-state index contributed by atoms with van der Waals surface area (Å²) in [7, 11) is 1.57. The van der Waals surface area contributed by atoms with E-state index in [2.05, 4.69) is 4.98 Å². The van der Waals surface area contributed by atoms with Crippen molar-refractivity contribution < 1.29 is 14.3 Å². The number of benzene rings is 1. The first-order valence-electron chi connectivity index (χ1n) is 7.19. The Balaban J connectivity index is 2.44. The number of rotatable bonds is 3. The van der Waals surface area contributed by atoms with Crippen molar-refractivity contribution >= 4 is 23.3 Å². The number of ether oxygens (including phenoxy) is 1. The predicted molar refractivity (Wildman–Crippen MR) is 85.7 cm³/mol. The van der Waals surface area contributed by atoms with Gasteiger partial charge in [-0.1, -0.05) is 18.2 Å². The van der Waals surface area contributed by atoms with Crippen LogP contribution in [0.2, 0.25) is 0 Å². The van der Waals surface area contributed by atoms with Crippen LogP contribution >= 0.6 is 0 Å². The summed E-state index contributed by atoms with van der Waals surface area (Å²) in [6.07, 6.45) is 2.00. The van der Waals surface area contributed by atoms with E-state index < -0.39 is 17.2 Å². The van der Waals surface area contributed by atoms with E-state index >= 15 is 0 Å². The Morgan fingerprint density at radius 1 is 1.23 bits per heavy atom. The molecule has 0 radical (unpaired) electrons. The molecule has 0 aliphatic heterocycles. The topological polar surface area (TPSA) is 62.4 Å². The summed E-state index contributed by atoms with van der Waals surface area (Å²) in [6, 6.07) is 7.67. The molecule has 1 N–H and O–H groups in total. The molecule has 1 aromatic heterocycles. The van der Waals surface area contributed by atoms with Gasteiger partial charge >= 0.3 is 6.09 Å². The van der Waals surface area contributed by atoms with Crippen molar-refractivity contribution in [2.45, 2.75) is 38.8 Å². The zero-order valence-corrected chi connectivity index (χ0v) is 13.6. The average molecular weight is 302 g/mol. The molecular weight excluding hydrogens is 280 g/mol. The largest absolute Gasteiger partial charge is 0.444 e. The van der Waals surface area contributed by atoms with Crippen molar-refractivity contribution in [2.75, 3.05) is 7.05 Å². The summed E-state index contributed by atoms with van der Waals surface area (Å²) >= 11 is 0. The van der Waals surface area contributed by atoms with Crippen LogP contribution in [0.25, 0.3) is 10.9 Å². The lowest BCUT2D eigenvalue weighted by molar-refractivity contribution is -0.117. The number of hydrogen-bond donors (Lipinski definition) is 1. The van der Waals surface area contributed by atoms with Crippen LogP contribution in [0.1, 0.15) is 33.3 Å². The van der Waals surface area contributed by atoms with E-state index in [4.69, 9.17) is 4.74 Å². The van der Waals surface area contributed by atoms with Gasteiger partial charge in [-0.3, -0.25) is 4.90 Å². The van der Waals surface area contributed by atoms with Crippen LogP contribution in [0, 0.1) is 0 Å². The zero-order chi connectivity index (χ0) is 16.5. The van der Waals surface area contributed by atoms with Crippen molar-refractivity contribution in [2.24, 2.45) is 0 Å². The van der Waals surface area contributed by atoms with Gasteiger partial charge < -0.3 is 14.5 Å². The summed E-state index contributed by atoms with van der Waals surface area (Å²) in [5.41, 5.74) is -0.0632. The highest BCUT2D eigenvalue weighted by atomic mass is 16.6. The number of carbonyl (C=O) groups excluding carboxylic acids is 2. The SMILES string of the molecule is CN(C(=O)OC(C)(C)C)C(C)(C=O)c1c[nH]c2ccccc12.